The fourth-order valence-corrected chi connectivity index (χ4v) is 2.67. The number of likely N-dealkylation sites (tertiary alicyclic amines) is 1. The first-order valence-electron chi connectivity index (χ1n) is 6.76. The van der Waals surface area contributed by atoms with E-state index in [9.17, 15) is 0 Å². The van der Waals surface area contributed by atoms with Gasteiger partial charge in [-0.15, -0.1) is 0 Å². The molecule has 0 unspecified atom stereocenters. The van der Waals surface area contributed by atoms with Gasteiger partial charge in [0.15, 0.2) is 0 Å². The first-order valence-corrected chi connectivity index (χ1v) is 6.76. The molecule has 0 aliphatic carbocycles. The molecule has 1 saturated heterocycles. The quantitative estimate of drug-likeness (QED) is 0.819. The molecule has 96 valence electrons. The van der Waals surface area contributed by atoms with Crippen molar-refractivity contribution in [2.24, 2.45) is 11.8 Å². The van der Waals surface area contributed by atoms with Gasteiger partial charge >= 0.3 is 0 Å². The van der Waals surface area contributed by atoms with Gasteiger partial charge < -0.3 is 0 Å². The number of pyridine rings is 1. The van der Waals surface area contributed by atoms with Crippen LogP contribution >= 0.6 is 0 Å². The second kappa shape index (κ2) is 5.97. The lowest BCUT2D eigenvalue weighted by atomic mass is 9.86. The van der Waals surface area contributed by atoms with Crippen LogP contribution in [0, 0.1) is 23.2 Å². The summed E-state index contributed by atoms with van der Waals surface area (Å²) >= 11 is 0. The maximum Gasteiger partial charge on any atom is 0.140 e. The van der Waals surface area contributed by atoms with Gasteiger partial charge in [0.25, 0.3) is 0 Å². The Morgan fingerprint density at radius 3 is 2.78 bits per heavy atom. The maximum absolute atomic E-state index is 8.84. The normalized spacial score (nSPS) is 17.9. The Labute approximate surface area is 109 Å². The van der Waals surface area contributed by atoms with Gasteiger partial charge in [0.1, 0.15) is 11.8 Å². The van der Waals surface area contributed by atoms with Crippen LogP contribution in [0.25, 0.3) is 0 Å². The average Bonchev–Trinajstić information content (AvgIpc) is 2.39. The van der Waals surface area contributed by atoms with Crippen LogP contribution in [0.1, 0.15) is 37.9 Å². The zero-order chi connectivity index (χ0) is 13.0. The van der Waals surface area contributed by atoms with Crippen LogP contribution in [0.15, 0.2) is 18.3 Å². The highest BCUT2D eigenvalue weighted by molar-refractivity contribution is 5.25. The molecule has 0 amide bonds. The molecule has 1 aliphatic heterocycles. The summed E-state index contributed by atoms with van der Waals surface area (Å²) in [6.07, 6.45) is 4.33. The van der Waals surface area contributed by atoms with Crippen LogP contribution in [0.5, 0.6) is 0 Å². The predicted octanol–water partition coefficient (Wildman–Crippen LogP) is 2.82. The molecule has 0 radical (unpaired) electrons. The molecule has 0 bridgehead atoms. The highest BCUT2D eigenvalue weighted by atomic mass is 15.1. The number of nitriles is 1. The standard InChI is InChI=1S/C15H21N3/c1-12(2)14-4-7-18(8-5-14)11-13-3-6-17-15(9-13)10-16/h3,6,9,12,14H,4-5,7-8,11H2,1-2H3. The molecule has 1 fully saturated rings. The van der Waals surface area contributed by atoms with Crippen molar-refractivity contribution in [1.29, 1.82) is 5.26 Å². The summed E-state index contributed by atoms with van der Waals surface area (Å²) < 4.78 is 0. The highest BCUT2D eigenvalue weighted by Gasteiger charge is 2.21. The number of nitrogens with zero attached hydrogens (tertiary/aromatic N) is 3. The molecule has 0 N–H and O–H groups in total. The predicted molar refractivity (Wildman–Crippen MR) is 71.8 cm³/mol. The van der Waals surface area contributed by atoms with Gasteiger partial charge in [-0.25, -0.2) is 4.98 Å². The van der Waals surface area contributed by atoms with Crippen molar-refractivity contribution < 1.29 is 0 Å². The summed E-state index contributed by atoms with van der Waals surface area (Å²) in [5.74, 6) is 1.69. The van der Waals surface area contributed by atoms with E-state index in [-0.39, 0.29) is 0 Å². The summed E-state index contributed by atoms with van der Waals surface area (Å²) in [4.78, 5) is 6.49. The van der Waals surface area contributed by atoms with E-state index >= 15 is 0 Å². The van der Waals surface area contributed by atoms with E-state index in [0.717, 1.165) is 18.4 Å². The lowest BCUT2D eigenvalue weighted by Gasteiger charge is -2.33. The summed E-state index contributed by atoms with van der Waals surface area (Å²) in [6.45, 7) is 7.94. The Bertz CT molecular complexity index is 426. The second-order valence-electron chi connectivity index (χ2n) is 5.52. The SMILES string of the molecule is CC(C)C1CCN(Cc2ccnc(C#N)c2)CC1. The summed E-state index contributed by atoms with van der Waals surface area (Å²) in [6, 6.07) is 6.00. The first-order chi connectivity index (χ1) is 8.69. The number of rotatable bonds is 3. The topological polar surface area (TPSA) is 39.9 Å². The molecule has 18 heavy (non-hydrogen) atoms. The molecule has 3 heteroatoms. The summed E-state index contributed by atoms with van der Waals surface area (Å²) in [7, 11) is 0. The van der Waals surface area contributed by atoms with E-state index in [0.29, 0.717) is 5.69 Å². The van der Waals surface area contributed by atoms with E-state index < -0.39 is 0 Å². The van der Waals surface area contributed by atoms with Crippen LogP contribution in [-0.4, -0.2) is 23.0 Å². The number of hydrogen-bond acceptors (Lipinski definition) is 3. The van der Waals surface area contributed by atoms with Crippen LogP contribution in [0.3, 0.4) is 0 Å². The maximum atomic E-state index is 8.84. The molecule has 1 aliphatic rings. The zero-order valence-corrected chi connectivity index (χ0v) is 11.3. The summed E-state index contributed by atoms with van der Waals surface area (Å²) in [5.41, 5.74) is 1.72. The first kappa shape index (κ1) is 13.0. The second-order valence-corrected chi connectivity index (χ2v) is 5.52. The van der Waals surface area contributed by atoms with Crippen LogP contribution < -0.4 is 0 Å². The van der Waals surface area contributed by atoms with Gasteiger partial charge in [-0.1, -0.05) is 13.8 Å². The fourth-order valence-electron chi connectivity index (χ4n) is 2.67. The minimum Gasteiger partial charge on any atom is -0.299 e. The molecule has 0 spiro atoms. The molecule has 1 aromatic rings. The Balaban J connectivity index is 1.90. The van der Waals surface area contributed by atoms with Gasteiger partial charge in [-0.2, -0.15) is 5.26 Å². The van der Waals surface area contributed by atoms with E-state index in [1.165, 1.54) is 31.5 Å². The Hall–Kier alpha value is -1.40. The van der Waals surface area contributed by atoms with Crippen molar-refractivity contribution in [2.45, 2.75) is 33.2 Å². The van der Waals surface area contributed by atoms with Crippen molar-refractivity contribution >= 4 is 0 Å². The van der Waals surface area contributed by atoms with Crippen molar-refractivity contribution in [2.75, 3.05) is 13.1 Å². The molecular weight excluding hydrogens is 222 g/mol. The lowest BCUT2D eigenvalue weighted by Crippen LogP contribution is -2.34. The van der Waals surface area contributed by atoms with E-state index in [2.05, 4.69) is 29.8 Å². The van der Waals surface area contributed by atoms with Crippen molar-refractivity contribution in [3.05, 3.63) is 29.6 Å². The molecule has 2 heterocycles. The lowest BCUT2D eigenvalue weighted by molar-refractivity contribution is 0.152. The zero-order valence-electron chi connectivity index (χ0n) is 11.3. The minimum absolute atomic E-state index is 0.518. The van der Waals surface area contributed by atoms with Crippen LogP contribution in [0.2, 0.25) is 0 Å². The minimum atomic E-state index is 0.518. The smallest absolute Gasteiger partial charge is 0.140 e. The third-order valence-corrected chi connectivity index (χ3v) is 3.92. The number of piperidine rings is 1. The summed E-state index contributed by atoms with van der Waals surface area (Å²) in [5, 5.41) is 8.84. The number of hydrogen-bond donors (Lipinski definition) is 0. The highest BCUT2D eigenvalue weighted by Crippen LogP contribution is 2.25. The largest absolute Gasteiger partial charge is 0.299 e. The Morgan fingerprint density at radius 1 is 1.44 bits per heavy atom. The Kier molecular flexibility index (Phi) is 4.33. The van der Waals surface area contributed by atoms with Gasteiger partial charge in [-0.3, -0.25) is 4.90 Å². The molecule has 0 atom stereocenters. The third-order valence-electron chi connectivity index (χ3n) is 3.92. The van der Waals surface area contributed by atoms with Gasteiger partial charge in [0.2, 0.25) is 0 Å². The number of aromatic nitrogens is 1. The molecule has 0 saturated carbocycles. The van der Waals surface area contributed by atoms with Crippen molar-refractivity contribution in [3.8, 4) is 6.07 Å². The van der Waals surface area contributed by atoms with E-state index in [4.69, 9.17) is 5.26 Å². The average molecular weight is 243 g/mol. The fraction of sp³-hybridized carbons (Fsp3) is 0.600. The van der Waals surface area contributed by atoms with E-state index in [1.54, 1.807) is 6.20 Å². The monoisotopic (exact) mass is 243 g/mol. The molecule has 1 aromatic heterocycles. The van der Waals surface area contributed by atoms with Crippen LogP contribution in [0.4, 0.5) is 0 Å². The van der Waals surface area contributed by atoms with Crippen molar-refractivity contribution in [3.63, 3.8) is 0 Å². The van der Waals surface area contributed by atoms with Gasteiger partial charge in [0, 0.05) is 12.7 Å². The molecule has 3 nitrogen and oxygen atoms in total. The van der Waals surface area contributed by atoms with E-state index in [1.807, 2.05) is 12.1 Å². The molecule has 2 rings (SSSR count). The van der Waals surface area contributed by atoms with Gasteiger partial charge in [0.05, 0.1) is 0 Å². The molecule has 0 aromatic carbocycles. The van der Waals surface area contributed by atoms with Crippen LogP contribution in [-0.2, 0) is 6.54 Å². The van der Waals surface area contributed by atoms with Gasteiger partial charge in [-0.05, 0) is 55.5 Å². The van der Waals surface area contributed by atoms with Crippen molar-refractivity contribution in [1.82, 2.24) is 9.88 Å². The Morgan fingerprint density at radius 2 is 2.17 bits per heavy atom. The third kappa shape index (κ3) is 3.30. The molecular formula is C15H21N3.